The Kier molecular flexibility index (Phi) is 2.61. The van der Waals surface area contributed by atoms with Crippen LogP contribution in [-0.4, -0.2) is 11.6 Å². The molecule has 0 unspecified atom stereocenters. The van der Waals surface area contributed by atoms with Gasteiger partial charge in [0.2, 0.25) is 0 Å². The molecule has 4 fully saturated rings. The third-order valence-corrected chi connectivity index (χ3v) is 5.07. The number of hydrogen-bond donors (Lipinski definition) is 0. The molecular weight excluding hydrogens is 200 g/mol. The smallest absolute Gasteiger partial charge is 0.136 e. The van der Waals surface area contributed by atoms with Gasteiger partial charge in [0, 0.05) is 24.7 Å². The summed E-state index contributed by atoms with van der Waals surface area (Å²) in [4.78, 5) is 21.4. The van der Waals surface area contributed by atoms with Crippen LogP contribution < -0.4 is 0 Å². The van der Waals surface area contributed by atoms with Crippen molar-refractivity contribution in [2.75, 3.05) is 0 Å². The van der Waals surface area contributed by atoms with Crippen molar-refractivity contribution in [1.82, 2.24) is 0 Å². The number of carbonyl (C=O) groups is 2. The third kappa shape index (κ3) is 1.63. The first-order chi connectivity index (χ1) is 7.75. The average Bonchev–Trinajstić information content (AvgIpc) is 2.81. The van der Waals surface area contributed by atoms with Gasteiger partial charge in [-0.2, -0.15) is 0 Å². The first kappa shape index (κ1) is 10.5. The summed E-state index contributed by atoms with van der Waals surface area (Å²) in [6, 6.07) is 0. The van der Waals surface area contributed by atoms with Crippen LogP contribution in [0, 0.1) is 23.7 Å². The molecule has 2 nitrogen and oxygen atoms in total. The van der Waals surface area contributed by atoms with Crippen molar-refractivity contribution in [3.63, 3.8) is 0 Å². The van der Waals surface area contributed by atoms with E-state index < -0.39 is 0 Å². The highest BCUT2D eigenvalue weighted by molar-refractivity contribution is 5.88. The van der Waals surface area contributed by atoms with Crippen molar-refractivity contribution in [1.29, 1.82) is 0 Å². The average molecular weight is 220 g/mol. The second-order valence-electron chi connectivity index (χ2n) is 5.94. The molecule has 4 rings (SSSR count). The lowest BCUT2D eigenvalue weighted by molar-refractivity contribution is -0.133. The molecule has 0 aromatic heterocycles. The van der Waals surface area contributed by atoms with E-state index in [1.807, 2.05) is 0 Å². The molecule has 0 aliphatic heterocycles. The van der Waals surface area contributed by atoms with Gasteiger partial charge in [-0.15, -0.1) is 0 Å². The minimum Gasteiger partial charge on any atom is -0.299 e. The fourth-order valence-corrected chi connectivity index (χ4v) is 3.91. The molecule has 4 aliphatic rings. The third-order valence-electron chi connectivity index (χ3n) is 5.07. The fraction of sp³-hybridized carbons (Fsp3) is 0.857. The molecule has 0 aromatic carbocycles. The van der Waals surface area contributed by atoms with E-state index in [0.29, 0.717) is 23.4 Å². The van der Waals surface area contributed by atoms with E-state index in [4.69, 9.17) is 0 Å². The molecule has 0 spiro atoms. The van der Waals surface area contributed by atoms with Crippen LogP contribution in [0.5, 0.6) is 0 Å². The monoisotopic (exact) mass is 220 g/mol. The van der Waals surface area contributed by atoms with Crippen LogP contribution in [0.1, 0.15) is 51.4 Å². The molecule has 4 saturated carbocycles. The predicted molar refractivity (Wildman–Crippen MR) is 60.9 cm³/mol. The lowest BCUT2D eigenvalue weighted by Crippen LogP contribution is -2.32. The summed E-state index contributed by atoms with van der Waals surface area (Å²) in [5.74, 6) is 3.76. The Hall–Kier alpha value is -0.660. The van der Waals surface area contributed by atoms with Crippen LogP contribution in [0.4, 0.5) is 0 Å². The standard InChI is InChI=1S/2C7H10O/c2*8-7-4-5-2-1-3-6(5)7/h2*5-6H,1-4H2/t2*5-,6-/m10/s1. The van der Waals surface area contributed by atoms with Crippen LogP contribution >= 0.6 is 0 Å². The van der Waals surface area contributed by atoms with Gasteiger partial charge in [0.15, 0.2) is 0 Å². The van der Waals surface area contributed by atoms with Gasteiger partial charge < -0.3 is 0 Å². The van der Waals surface area contributed by atoms with E-state index >= 15 is 0 Å². The Labute approximate surface area is 96.8 Å². The molecule has 0 amide bonds. The van der Waals surface area contributed by atoms with E-state index in [1.54, 1.807) is 0 Å². The summed E-state index contributed by atoms with van der Waals surface area (Å²) >= 11 is 0. The molecular formula is C14H20O2. The Balaban J connectivity index is 0.000000101. The molecule has 0 radical (unpaired) electrons. The molecule has 88 valence electrons. The van der Waals surface area contributed by atoms with E-state index in [9.17, 15) is 9.59 Å². The van der Waals surface area contributed by atoms with Gasteiger partial charge in [-0.3, -0.25) is 9.59 Å². The highest BCUT2D eigenvalue weighted by atomic mass is 16.1. The van der Waals surface area contributed by atoms with Gasteiger partial charge in [0.05, 0.1) is 0 Å². The lowest BCUT2D eigenvalue weighted by atomic mass is 9.75. The van der Waals surface area contributed by atoms with Crippen molar-refractivity contribution < 1.29 is 9.59 Å². The minimum atomic E-state index is 0.523. The lowest BCUT2D eigenvalue weighted by Gasteiger charge is -2.27. The van der Waals surface area contributed by atoms with Gasteiger partial charge in [0.25, 0.3) is 0 Å². The Morgan fingerprint density at radius 3 is 1.38 bits per heavy atom. The largest absolute Gasteiger partial charge is 0.299 e. The maximum atomic E-state index is 10.7. The number of Topliss-reactive ketones (excluding diaryl/α,β-unsaturated/α-hetero) is 2. The Bertz CT molecular complexity index is 289. The van der Waals surface area contributed by atoms with Crippen LogP contribution in [0.3, 0.4) is 0 Å². The van der Waals surface area contributed by atoms with Gasteiger partial charge in [0.1, 0.15) is 11.6 Å². The van der Waals surface area contributed by atoms with E-state index in [1.165, 1.54) is 38.5 Å². The predicted octanol–water partition coefficient (Wildman–Crippen LogP) is 2.75. The maximum absolute atomic E-state index is 10.7. The van der Waals surface area contributed by atoms with E-state index in [-0.39, 0.29) is 0 Å². The molecule has 4 atom stereocenters. The summed E-state index contributed by atoms with van der Waals surface area (Å²) in [6.07, 6.45) is 9.48. The van der Waals surface area contributed by atoms with E-state index in [0.717, 1.165) is 24.7 Å². The zero-order chi connectivity index (χ0) is 11.1. The zero-order valence-corrected chi connectivity index (χ0v) is 9.78. The van der Waals surface area contributed by atoms with Crippen molar-refractivity contribution in [3.05, 3.63) is 0 Å². The molecule has 0 heterocycles. The highest BCUT2D eigenvalue weighted by Gasteiger charge is 2.42. The van der Waals surface area contributed by atoms with Crippen LogP contribution in [0.15, 0.2) is 0 Å². The van der Waals surface area contributed by atoms with Crippen molar-refractivity contribution in [2.45, 2.75) is 51.4 Å². The molecule has 4 aliphatic carbocycles. The Morgan fingerprint density at radius 1 is 0.688 bits per heavy atom. The van der Waals surface area contributed by atoms with Crippen molar-refractivity contribution in [3.8, 4) is 0 Å². The normalized spacial score (nSPS) is 43.8. The fourth-order valence-electron chi connectivity index (χ4n) is 3.91. The van der Waals surface area contributed by atoms with Crippen molar-refractivity contribution in [2.24, 2.45) is 23.7 Å². The minimum absolute atomic E-state index is 0.523. The first-order valence-corrected chi connectivity index (χ1v) is 6.81. The Morgan fingerprint density at radius 2 is 1.12 bits per heavy atom. The molecule has 16 heavy (non-hydrogen) atoms. The number of carbonyl (C=O) groups excluding carboxylic acids is 2. The second-order valence-corrected chi connectivity index (χ2v) is 5.94. The molecule has 0 N–H and O–H groups in total. The second kappa shape index (κ2) is 3.97. The molecule has 2 heteroatoms. The number of rotatable bonds is 0. The summed E-state index contributed by atoms with van der Waals surface area (Å²) in [5, 5.41) is 0. The summed E-state index contributed by atoms with van der Waals surface area (Å²) in [7, 11) is 0. The van der Waals surface area contributed by atoms with Gasteiger partial charge in [-0.05, 0) is 37.5 Å². The topological polar surface area (TPSA) is 34.1 Å². The SMILES string of the molecule is O=C1C[C@@H]2CCC[C@H]12.O=C1C[C@H]2CCC[C@@H]12. The summed E-state index contributed by atoms with van der Waals surface area (Å²) in [6.45, 7) is 0. The molecule has 0 bridgehead atoms. The quantitative estimate of drug-likeness (QED) is 0.629. The summed E-state index contributed by atoms with van der Waals surface area (Å²) in [5.41, 5.74) is 0. The van der Waals surface area contributed by atoms with Crippen molar-refractivity contribution >= 4 is 11.6 Å². The van der Waals surface area contributed by atoms with Gasteiger partial charge >= 0.3 is 0 Å². The molecule has 0 saturated heterocycles. The van der Waals surface area contributed by atoms with Crippen LogP contribution in [0.2, 0.25) is 0 Å². The zero-order valence-electron chi connectivity index (χ0n) is 9.78. The van der Waals surface area contributed by atoms with Gasteiger partial charge in [-0.25, -0.2) is 0 Å². The number of ketones is 2. The summed E-state index contributed by atoms with van der Waals surface area (Å²) < 4.78 is 0. The number of fused-ring (bicyclic) bond motifs is 2. The highest BCUT2D eigenvalue weighted by Crippen LogP contribution is 2.44. The van der Waals surface area contributed by atoms with Crippen LogP contribution in [0.25, 0.3) is 0 Å². The van der Waals surface area contributed by atoms with E-state index in [2.05, 4.69) is 0 Å². The molecule has 0 aromatic rings. The van der Waals surface area contributed by atoms with Gasteiger partial charge in [-0.1, -0.05) is 12.8 Å². The maximum Gasteiger partial charge on any atom is 0.136 e. The first-order valence-electron chi connectivity index (χ1n) is 6.81. The van der Waals surface area contributed by atoms with Crippen LogP contribution in [-0.2, 0) is 9.59 Å². The number of hydrogen-bond acceptors (Lipinski definition) is 2.